The summed E-state index contributed by atoms with van der Waals surface area (Å²) < 4.78 is 18.8. The summed E-state index contributed by atoms with van der Waals surface area (Å²) in [5.74, 6) is 0.0483. The number of halogens is 1. The molecule has 0 spiro atoms. The maximum absolute atomic E-state index is 13.6. The number of hydrogen-bond donors (Lipinski definition) is 2. The number of amides is 1. The predicted molar refractivity (Wildman–Crippen MR) is 90.6 cm³/mol. The number of carbonyl (C=O) groups is 1. The minimum Gasteiger partial charge on any atom is -0.496 e. The van der Waals surface area contributed by atoms with Crippen LogP contribution in [0, 0.1) is 5.82 Å². The first kappa shape index (κ1) is 16.5. The SMILES string of the molecule is COc1ccccc1C(=O)NCC1(c2cccc(F)c2)CC(N)C1. The van der Waals surface area contributed by atoms with E-state index in [0.29, 0.717) is 17.9 Å². The zero-order valence-corrected chi connectivity index (χ0v) is 13.6. The number of hydrogen-bond acceptors (Lipinski definition) is 3. The molecule has 1 amide bonds. The minimum absolute atomic E-state index is 0.0800. The maximum Gasteiger partial charge on any atom is 0.255 e. The van der Waals surface area contributed by atoms with Gasteiger partial charge in [0.2, 0.25) is 0 Å². The summed E-state index contributed by atoms with van der Waals surface area (Å²) >= 11 is 0. The van der Waals surface area contributed by atoms with Crippen LogP contribution >= 0.6 is 0 Å². The lowest BCUT2D eigenvalue weighted by Crippen LogP contribution is -2.55. The monoisotopic (exact) mass is 328 g/mol. The van der Waals surface area contributed by atoms with Crippen molar-refractivity contribution in [3.63, 3.8) is 0 Å². The van der Waals surface area contributed by atoms with Crippen molar-refractivity contribution < 1.29 is 13.9 Å². The quantitative estimate of drug-likeness (QED) is 0.887. The van der Waals surface area contributed by atoms with Gasteiger partial charge in [-0.05, 0) is 42.7 Å². The Labute approximate surface area is 140 Å². The van der Waals surface area contributed by atoms with Crippen LogP contribution in [0.3, 0.4) is 0 Å². The second kappa shape index (κ2) is 6.61. The van der Waals surface area contributed by atoms with Crippen molar-refractivity contribution in [2.75, 3.05) is 13.7 Å². The van der Waals surface area contributed by atoms with Crippen molar-refractivity contribution in [2.45, 2.75) is 24.3 Å². The van der Waals surface area contributed by atoms with Crippen molar-refractivity contribution >= 4 is 5.91 Å². The van der Waals surface area contributed by atoms with E-state index in [4.69, 9.17) is 10.5 Å². The van der Waals surface area contributed by atoms with Crippen LogP contribution in [0.5, 0.6) is 5.75 Å². The summed E-state index contributed by atoms with van der Waals surface area (Å²) in [5, 5.41) is 2.96. The van der Waals surface area contributed by atoms with Gasteiger partial charge in [-0.3, -0.25) is 4.79 Å². The Balaban J connectivity index is 1.77. The number of nitrogens with two attached hydrogens (primary N) is 1. The van der Waals surface area contributed by atoms with E-state index in [0.717, 1.165) is 18.4 Å². The second-order valence-corrected chi connectivity index (χ2v) is 6.34. The molecule has 0 heterocycles. The van der Waals surface area contributed by atoms with Crippen LogP contribution in [0.2, 0.25) is 0 Å². The fourth-order valence-corrected chi connectivity index (χ4v) is 3.42. The van der Waals surface area contributed by atoms with Crippen molar-refractivity contribution in [3.05, 3.63) is 65.5 Å². The Morgan fingerprint density at radius 1 is 1.29 bits per heavy atom. The number of carbonyl (C=O) groups excluding carboxylic acids is 1. The molecule has 0 saturated heterocycles. The smallest absolute Gasteiger partial charge is 0.255 e. The third-order valence-corrected chi connectivity index (χ3v) is 4.68. The molecular formula is C19H21FN2O2. The zero-order valence-electron chi connectivity index (χ0n) is 13.6. The lowest BCUT2D eigenvalue weighted by atomic mass is 9.61. The largest absolute Gasteiger partial charge is 0.496 e. The van der Waals surface area contributed by atoms with Gasteiger partial charge >= 0.3 is 0 Å². The van der Waals surface area contributed by atoms with Crippen LogP contribution in [0.15, 0.2) is 48.5 Å². The summed E-state index contributed by atoms with van der Waals surface area (Å²) in [4.78, 5) is 12.5. The summed E-state index contributed by atoms with van der Waals surface area (Å²) in [6.45, 7) is 0.418. The van der Waals surface area contributed by atoms with Crippen LogP contribution in [-0.2, 0) is 5.41 Å². The molecule has 5 heteroatoms. The summed E-state index contributed by atoms with van der Waals surface area (Å²) in [5.41, 5.74) is 7.02. The predicted octanol–water partition coefficient (Wildman–Crippen LogP) is 2.62. The Morgan fingerprint density at radius 2 is 2.04 bits per heavy atom. The molecule has 1 fully saturated rings. The molecule has 0 radical (unpaired) electrons. The summed E-state index contributed by atoms with van der Waals surface area (Å²) in [6, 6.07) is 13.7. The lowest BCUT2D eigenvalue weighted by molar-refractivity contribution is 0.0917. The molecule has 3 N–H and O–H groups in total. The first-order valence-corrected chi connectivity index (χ1v) is 7.97. The minimum atomic E-state index is -0.306. The first-order chi connectivity index (χ1) is 11.5. The van der Waals surface area contributed by atoms with Crippen LogP contribution in [-0.4, -0.2) is 25.6 Å². The highest BCUT2D eigenvalue weighted by Gasteiger charge is 2.44. The number of para-hydroxylation sites is 1. The van der Waals surface area contributed by atoms with Crippen LogP contribution in [0.1, 0.15) is 28.8 Å². The molecule has 0 unspecified atom stereocenters. The fourth-order valence-electron chi connectivity index (χ4n) is 3.42. The molecule has 1 aliphatic rings. The Kier molecular flexibility index (Phi) is 4.53. The normalized spacial score (nSPS) is 22.5. The standard InChI is InChI=1S/C19H21FN2O2/c1-24-17-8-3-2-7-16(17)18(23)22-12-19(10-15(21)11-19)13-5-4-6-14(20)9-13/h2-9,15H,10-12,21H2,1H3,(H,22,23). The third-order valence-electron chi connectivity index (χ3n) is 4.68. The van der Waals surface area contributed by atoms with Crippen molar-refractivity contribution in [1.29, 1.82) is 0 Å². The van der Waals surface area contributed by atoms with Gasteiger partial charge in [0, 0.05) is 18.0 Å². The highest BCUT2D eigenvalue weighted by molar-refractivity contribution is 5.97. The molecule has 1 saturated carbocycles. The second-order valence-electron chi connectivity index (χ2n) is 6.34. The van der Waals surface area contributed by atoms with Gasteiger partial charge in [0.15, 0.2) is 0 Å². The first-order valence-electron chi connectivity index (χ1n) is 7.97. The lowest BCUT2D eigenvalue weighted by Gasteiger charge is -2.47. The average Bonchev–Trinajstić information content (AvgIpc) is 2.57. The topological polar surface area (TPSA) is 64.3 Å². The molecule has 1 aliphatic carbocycles. The highest BCUT2D eigenvalue weighted by Crippen LogP contribution is 2.42. The van der Waals surface area contributed by atoms with E-state index >= 15 is 0 Å². The molecule has 0 aromatic heterocycles. The average molecular weight is 328 g/mol. The van der Waals surface area contributed by atoms with Crippen molar-refractivity contribution in [1.82, 2.24) is 5.32 Å². The van der Waals surface area contributed by atoms with Crippen molar-refractivity contribution in [2.24, 2.45) is 5.73 Å². The number of benzene rings is 2. The zero-order chi connectivity index (χ0) is 17.2. The summed E-state index contributed by atoms with van der Waals surface area (Å²) in [6.07, 6.45) is 1.45. The van der Waals surface area contributed by atoms with E-state index in [9.17, 15) is 9.18 Å². The number of methoxy groups -OCH3 is 1. The molecule has 0 atom stereocenters. The van der Waals surface area contributed by atoms with Gasteiger partial charge in [-0.1, -0.05) is 24.3 Å². The summed E-state index contributed by atoms with van der Waals surface area (Å²) in [7, 11) is 1.53. The van der Waals surface area contributed by atoms with E-state index in [1.807, 2.05) is 12.1 Å². The van der Waals surface area contributed by atoms with Crippen LogP contribution in [0.25, 0.3) is 0 Å². The van der Waals surface area contributed by atoms with Crippen LogP contribution in [0.4, 0.5) is 4.39 Å². The van der Waals surface area contributed by atoms with E-state index in [-0.39, 0.29) is 23.2 Å². The molecule has 4 nitrogen and oxygen atoms in total. The van der Waals surface area contributed by atoms with E-state index < -0.39 is 0 Å². The fraction of sp³-hybridized carbons (Fsp3) is 0.316. The van der Waals surface area contributed by atoms with Gasteiger partial charge in [0.25, 0.3) is 5.91 Å². The Bertz CT molecular complexity index is 742. The van der Waals surface area contributed by atoms with Gasteiger partial charge in [-0.25, -0.2) is 4.39 Å². The molecule has 0 aliphatic heterocycles. The van der Waals surface area contributed by atoms with Gasteiger partial charge < -0.3 is 15.8 Å². The van der Waals surface area contributed by atoms with E-state index in [1.165, 1.54) is 19.2 Å². The molecular weight excluding hydrogens is 307 g/mol. The third kappa shape index (κ3) is 3.12. The van der Waals surface area contributed by atoms with E-state index in [1.54, 1.807) is 24.3 Å². The Hall–Kier alpha value is -2.40. The van der Waals surface area contributed by atoms with Crippen molar-refractivity contribution in [3.8, 4) is 5.75 Å². The molecule has 24 heavy (non-hydrogen) atoms. The van der Waals surface area contributed by atoms with E-state index in [2.05, 4.69) is 5.32 Å². The number of ether oxygens (including phenoxy) is 1. The maximum atomic E-state index is 13.6. The van der Waals surface area contributed by atoms with Crippen LogP contribution < -0.4 is 15.8 Å². The number of nitrogens with one attached hydrogen (secondary N) is 1. The van der Waals surface area contributed by atoms with Gasteiger partial charge in [0.1, 0.15) is 11.6 Å². The number of rotatable bonds is 5. The molecule has 0 bridgehead atoms. The molecule has 2 aromatic carbocycles. The highest BCUT2D eigenvalue weighted by atomic mass is 19.1. The van der Waals surface area contributed by atoms with Gasteiger partial charge in [-0.2, -0.15) is 0 Å². The molecule has 126 valence electrons. The molecule has 3 rings (SSSR count). The van der Waals surface area contributed by atoms with Gasteiger partial charge in [-0.15, -0.1) is 0 Å². The van der Waals surface area contributed by atoms with Gasteiger partial charge in [0.05, 0.1) is 12.7 Å². The Morgan fingerprint density at radius 3 is 2.71 bits per heavy atom. The molecule has 2 aromatic rings.